The maximum atomic E-state index is 14.2. The molecule has 5 aromatic rings. The van der Waals surface area contributed by atoms with E-state index in [1.54, 1.807) is 23.0 Å². The van der Waals surface area contributed by atoms with E-state index in [9.17, 15) is 4.79 Å². The summed E-state index contributed by atoms with van der Waals surface area (Å²) in [6, 6.07) is 12.8. The summed E-state index contributed by atoms with van der Waals surface area (Å²) in [4.78, 5) is 16.1. The fourth-order valence-corrected chi connectivity index (χ4v) is 7.70. The molecule has 0 saturated heterocycles. The smallest absolute Gasteiger partial charge is 0.268 e. The van der Waals surface area contributed by atoms with Gasteiger partial charge in [0, 0.05) is 27.1 Å². The first-order valence-electron chi connectivity index (χ1n) is 12.1. The van der Waals surface area contributed by atoms with Crippen LogP contribution in [0.25, 0.3) is 21.7 Å². The van der Waals surface area contributed by atoms with Crippen molar-refractivity contribution in [3.8, 4) is 11.4 Å². The zero-order valence-corrected chi connectivity index (χ0v) is 24.0. The molecule has 38 heavy (non-hydrogen) atoms. The number of ether oxygens (including phenoxy) is 2. The minimum atomic E-state index is -0.113. The van der Waals surface area contributed by atoms with Crippen LogP contribution in [0, 0.1) is 5.92 Å². The van der Waals surface area contributed by atoms with Gasteiger partial charge in [-0.3, -0.25) is 4.79 Å². The summed E-state index contributed by atoms with van der Waals surface area (Å²) in [6.07, 6.45) is 0.748. The van der Waals surface area contributed by atoms with Crippen LogP contribution in [0.2, 0.25) is 10.0 Å². The van der Waals surface area contributed by atoms with Crippen molar-refractivity contribution < 1.29 is 9.47 Å². The Bertz CT molecular complexity index is 1710. The molecule has 0 bridgehead atoms. The summed E-state index contributed by atoms with van der Waals surface area (Å²) < 4.78 is 15.1. The molecule has 2 aromatic carbocycles. The first-order chi connectivity index (χ1) is 18.4. The molecule has 6 rings (SSSR count). The highest BCUT2D eigenvalue weighted by Gasteiger charge is 2.30. The van der Waals surface area contributed by atoms with Gasteiger partial charge in [0.2, 0.25) is 5.78 Å². The van der Waals surface area contributed by atoms with Crippen molar-refractivity contribution in [2.45, 2.75) is 43.9 Å². The normalized spacial score (nSPS) is 15.5. The zero-order chi connectivity index (χ0) is 26.6. The second kappa shape index (κ2) is 10.2. The standard InChI is InChI=1S/C27H24Cl2N4O3S2/c1-14(2)21-11-17-22(12-36-21)38-25-23(17)24(34)32(15-7-9-16(35-3)10-8-15)26-30-31-27(33(25)26)37-13-18-19(28)5-4-6-20(18)29/h4-10,14,21H,11-13H2,1-3H3/t21-/m0/s1. The van der Waals surface area contributed by atoms with Gasteiger partial charge in [-0.2, -0.15) is 0 Å². The molecule has 1 aliphatic heterocycles. The maximum Gasteiger partial charge on any atom is 0.268 e. The van der Waals surface area contributed by atoms with Crippen LogP contribution >= 0.6 is 46.3 Å². The molecule has 0 unspecified atom stereocenters. The van der Waals surface area contributed by atoms with E-state index < -0.39 is 0 Å². The Labute approximate surface area is 237 Å². The topological polar surface area (TPSA) is 70.7 Å². The Hall–Kier alpha value is -2.56. The van der Waals surface area contributed by atoms with Gasteiger partial charge in [-0.15, -0.1) is 21.5 Å². The minimum Gasteiger partial charge on any atom is -0.497 e. The summed E-state index contributed by atoms with van der Waals surface area (Å²) in [7, 11) is 1.61. The Morgan fingerprint density at radius 1 is 1.16 bits per heavy atom. The highest BCUT2D eigenvalue weighted by atomic mass is 35.5. The van der Waals surface area contributed by atoms with Crippen LogP contribution in [0.1, 0.15) is 29.9 Å². The van der Waals surface area contributed by atoms with Gasteiger partial charge in [0.25, 0.3) is 5.56 Å². The van der Waals surface area contributed by atoms with Gasteiger partial charge < -0.3 is 9.47 Å². The van der Waals surface area contributed by atoms with Crippen molar-refractivity contribution in [3.05, 3.63) is 78.9 Å². The van der Waals surface area contributed by atoms with Crippen molar-refractivity contribution in [2.75, 3.05) is 7.11 Å². The average molecular weight is 588 g/mol. The van der Waals surface area contributed by atoms with Crippen LogP contribution in [0.4, 0.5) is 0 Å². The second-order valence-corrected chi connectivity index (χ2v) is 12.3. The van der Waals surface area contributed by atoms with E-state index in [-0.39, 0.29) is 11.7 Å². The first kappa shape index (κ1) is 25.7. The van der Waals surface area contributed by atoms with Crippen LogP contribution in [-0.4, -0.2) is 32.4 Å². The Morgan fingerprint density at radius 2 is 1.89 bits per heavy atom. The molecule has 0 aliphatic carbocycles. The summed E-state index contributed by atoms with van der Waals surface area (Å²) in [5, 5.41) is 11.5. The molecule has 4 heterocycles. The molecule has 196 valence electrons. The second-order valence-electron chi connectivity index (χ2n) is 9.43. The van der Waals surface area contributed by atoms with E-state index in [0.717, 1.165) is 20.8 Å². The summed E-state index contributed by atoms with van der Waals surface area (Å²) >= 11 is 15.9. The van der Waals surface area contributed by atoms with Crippen molar-refractivity contribution in [2.24, 2.45) is 5.92 Å². The molecule has 1 atom stereocenters. The van der Waals surface area contributed by atoms with E-state index in [0.29, 0.717) is 62.5 Å². The van der Waals surface area contributed by atoms with Crippen molar-refractivity contribution >= 4 is 62.3 Å². The molecule has 11 heteroatoms. The molecule has 0 radical (unpaired) electrons. The number of thiophene rings is 1. The summed E-state index contributed by atoms with van der Waals surface area (Å²) in [6.45, 7) is 4.78. The van der Waals surface area contributed by atoms with Gasteiger partial charge in [-0.1, -0.05) is 54.9 Å². The third-order valence-electron chi connectivity index (χ3n) is 6.82. The molecule has 0 saturated carbocycles. The minimum absolute atomic E-state index is 0.0574. The lowest BCUT2D eigenvalue weighted by molar-refractivity contribution is 0.00200. The molecule has 3 aromatic heterocycles. The lowest BCUT2D eigenvalue weighted by atomic mass is 9.96. The summed E-state index contributed by atoms with van der Waals surface area (Å²) in [5.41, 5.74) is 2.46. The average Bonchev–Trinajstić information content (AvgIpc) is 3.50. The van der Waals surface area contributed by atoms with Gasteiger partial charge in [0.05, 0.1) is 30.9 Å². The predicted molar refractivity (Wildman–Crippen MR) is 154 cm³/mol. The van der Waals surface area contributed by atoms with Crippen LogP contribution in [0.3, 0.4) is 0 Å². The Morgan fingerprint density at radius 3 is 2.58 bits per heavy atom. The maximum absolute atomic E-state index is 14.2. The van der Waals surface area contributed by atoms with Crippen molar-refractivity contribution in [1.29, 1.82) is 0 Å². The third-order valence-corrected chi connectivity index (χ3v) is 9.68. The Kier molecular flexibility index (Phi) is 6.90. The van der Waals surface area contributed by atoms with E-state index >= 15 is 0 Å². The van der Waals surface area contributed by atoms with Crippen LogP contribution < -0.4 is 10.3 Å². The largest absolute Gasteiger partial charge is 0.497 e. The van der Waals surface area contributed by atoms with Crippen molar-refractivity contribution in [3.63, 3.8) is 0 Å². The third kappa shape index (κ3) is 4.30. The van der Waals surface area contributed by atoms with Crippen LogP contribution in [0.15, 0.2) is 52.4 Å². The van der Waals surface area contributed by atoms with Gasteiger partial charge in [-0.05, 0) is 53.4 Å². The van der Waals surface area contributed by atoms with Gasteiger partial charge in [0.15, 0.2) is 5.16 Å². The molecular weight excluding hydrogens is 563 g/mol. The van der Waals surface area contributed by atoms with E-state index in [1.807, 2.05) is 46.9 Å². The zero-order valence-electron chi connectivity index (χ0n) is 20.9. The number of halogens is 2. The highest BCUT2D eigenvalue weighted by Crippen LogP contribution is 2.38. The monoisotopic (exact) mass is 586 g/mol. The fourth-order valence-electron chi connectivity index (χ4n) is 4.73. The number of thioether (sulfide) groups is 1. The van der Waals surface area contributed by atoms with Gasteiger partial charge in [-0.25, -0.2) is 8.97 Å². The number of methoxy groups -OCH3 is 1. The van der Waals surface area contributed by atoms with Crippen LogP contribution in [0.5, 0.6) is 5.75 Å². The van der Waals surface area contributed by atoms with Gasteiger partial charge >= 0.3 is 0 Å². The number of aromatic nitrogens is 4. The van der Waals surface area contributed by atoms with Gasteiger partial charge in [0.1, 0.15) is 10.6 Å². The number of hydrogen-bond donors (Lipinski definition) is 0. The molecule has 0 N–H and O–H groups in total. The number of rotatable bonds is 6. The molecule has 0 fully saturated rings. The number of fused-ring (bicyclic) bond motifs is 5. The number of hydrogen-bond acceptors (Lipinski definition) is 7. The Balaban J connectivity index is 1.57. The lowest BCUT2D eigenvalue weighted by Crippen LogP contribution is -2.28. The number of nitrogens with zero attached hydrogens (tertiary/aromatic N) is 4. The predicted octanol–water partition coefficient (Wildman–Crippen LogP) is 6.80. The van der Waals surface area contributed by atoms with E-state index in [2.05, 4.69) is 24.0 Å². The molecule has 7 nitrogen and oxygen atoms in total. The fraction of sp³-hybridized carbons (Fsp3) is 0.296. The quantitative estimate of drug-likeness (QED) is 0.204. The highest BCUT2D eigenvalue weighted by molar-refractivity contribution is 7.98. The number of benzene rings is 2. The van der Waals surface area contributed by atoms with Crippen LogP contribution in [-0.2, 0) is 23.5 Å². The lowest BCUT2D eigenvalue weighted by Gasteiger charge is -2.26. The summed E-state index contributed by atoms with van der Waals surface area (Å²) in [5.74, 6) is 2.00. The first-order valence-corrected chi connectivity index (χ1v) is 14.7. The van der Waals surface area contributed by atoms with E-state index in [1.165, 1.54) is 11.8 Å². The molecule has 0 spiro atoms. The molecule has 1 aliphatic rings. The van der Waals surface area contributed by atoms with Crippen molar-refractivity contribution in [1.82, 2.24) is 19.2 Å². The SMILES string of the molecule is COc1ccc(-n2c(=O)c3c4c(sc3n3c(SCc5c(Cl)cccc5Cl)nnc23)CO[C@H](C(C)C)C4)cc1. The van der Waals surface area contributed by atoms with E-state index in [4.69, 9.17) is 32.7 Å². The molecular formula is C27H24Cl2N4O3S2. The molecule has 0 amide bonds.